The lowest BCUT2D eigenvalue weighted by Crippen LogP contribution is -2.11. The minimum Gasteiger partial charge on any atom is -0.459 e. The number of rotatable bonds is 4. The molecule has 0 aliphatic heterocycles. The number of carbonyl (C=O) groups is 1. The summed E-state index contributed by atoms with van der Waals surface area (Å²) in [5.74, 6) is 0.429. The van der Waals surface area contributed by atoms with Crippen molar-refractivity contribution in [3.8, 4) is 22.6 Å². The van der Waals surface area contributed by atoms with Gasteiger partial charge in [0.2, 0.25) is 0 Å². The minimum atomic E-state index is -0.360. The predicted molar refractivity (Wildman–Crippen MR) is 106 cm³/mol. The summed E-state index contributed by atoms with van der Waals surface area (Å²) < 4.78 is 5.46. The van der Waals surface area contributed by atoms with Crippen molar-refractivity contribution in [2.75, 3.05) is 5.32 Å². The highest BCUT2D eigenvalue weighted by molar-refractivity contribution is 6.04. The Hall–Kier alpha value is -4.13. The quantitative estimate of drug-likeness (QED) is 0.435. The third-order valence-corrected chi connectivity index (χ3v) is 4.43. The molecule has 0 aliphatic carbocycles. The zero-order valence-electron chi connectivity index (χ0n) is 14.6. The molecule has 0 spiro atoms. The van der Waals surface area contributed by atoms with Crippen molar-refractivity contribution in [1.29, 1.82) is 0 Å². The number of hydrogen-bond donors (Lipinski definition) is 3. The van der Waals surface area contributed by atoms with Gasteiger partial charge in [0, 0.05) is 11.8 Å². The van der Waals surface area contributed by atoms with Crippen LogP contribution in [0.25, 0.3) is 33.7 Å². The fraction of sp³-hybridized carbons (Fsp3) is 0. The van der Waals surface area contributed by atoms with E-state index in [2.05, 4.69) is 25.5 Å². The zero-order chi connectivity index (χ0) is 18.9. The molecule has 3 aromatic heterocycles. The highest BCUT2D eigenvalue weighted by Crippen LogP contribution is 2.27. The van der Waals surface area contributed by atoms with E-state index >= 15 is 0 Å². The number of carbonyl (C=O) groups excluding carboxylic acids is 1. The van der Waals surface area contributed by atoms with Gasteiger partial charge in [-0.05, 0) is 23.8 Å². The van der Waals surface area contributed by atoms with Crippen LogP contribution in [0.3, 0.4) is 0 Å². The number of furan rings is 1. The third-order valence-electron chi connectivity index (χ3n) is 4.43. The van der Waals surface area contributed by atoms with Gasteiger partial charge in [-0.15, -0.1) is 0 Å². The Balaban J connectivity index is 1.41. The molecule has 0 atom stereocenters. The van der Waals surface area contributed by atoms with E-state index in [0.717, 1.165) is 22.2 Å². The first kappa shape index (κ1) is 16.1. The molecule has 2 aromatic carbocycles. The van der Waals surface area contributed by atoms with E-state index in [1.165, 1.54) is 0 Å². The molecule has 3 heterocycles. The number of benzene rings is 2. The van der Waals surface area contributed by atoms with Crippen LogP contribution >= 0.6 is 0 Å². The molecule has 0 radical (unpaired) electrons. The maximum atomic E-state index is 12.6. The number of H-pyrrole nitrogens is 2. The summed E-state index contributed by atoms with van der Waals surface area (Å²) in [6.07, 6.45) is 3.18. The molecule has 0 bridgehead atoms. The van der Waals surface area contributed by atoms with E-state index in [4.69, 9.17) is 4.42 Å². The molecule has 7 heteroatoms. The molecule has 3 N–H and O–H groups in total. The van der Waals surface area contributed by atoms with Crippen molar-refractivity contribution in [3.63, 3.8) is 0 Å². The van der Waals surface area contributed by atoms with E-state index in [9.17, 15) is 4.79 Å². The van der Waals surface area contributed by atoms with Gasteiger partial charge >= 0.3 is 0 Å². The van der Waals surface area contributed by atoms with Crippen LogP contribution in [-0.4, -0.2) is 26.1 Å². The summed E-state index contributed by atoms with van der Waals surface area (Å²) in [6.45, 7) is 0. The van der Waals surface area contributed by atoms with E-state index in [-0.39, 0.29) is 11.7 Å². The highest BCUT2D eigenvalue weighted by Gasteiger charge is 2.18. The summed E-state index contributed by atoms with van der Waals surface area (Å²) in [6, 6.07) is 19.1. The lowest BCUT2D eigenvalue weighted by molar-refractivity contribution is 0.0996. The summed E-state index contributed by atoms with van der Waals surface area (Å²) in [5.41, 5.74) is 4.60. The first-order valence-electron chi connectivity index (χ1n) is 8.72. The summed E-state index contributed by atoms with van der Waals surface area (Å²) >= 11 is 0. The monoisotopic (exact) mass is 369 g/mol. The standard InChI is InChI=1S/C21H15N5O2/c27-21(18-10-14(12-28-18)13-6-2-1-3-7-13)25-17-11-22-26-19(17)20-23-15-8-4-5-9-16(15)24-20/h1-12H,(H,22,26)(H,23,24)(H,25,27). The number of aromatic amines is 2. The fourth-order valence-electron chi connectivity index (χ4n) is 3.05. The maximum absolute atomic E-state index is 12.6. The van der Waals surface area contributed by atoms with Crippen LogP contribution in [0.2, 0.25) is 0 Å². The van der Waals surface area contributed by atoms with Gasteiger partial charge in [-0.2, -0.15) is 5.10 Å². The average molecular weight is 369 g/mol. The fourth-order valence-corrected chi connectivity index (χ4v) is 3.05. The van der Waals surface area contributed by atoms with Gasteiger partial charge in [0.05, 0.1) is 23.0 Å². The Morgan fingerprint density at radius 2 is 1.82 bits per heavy atom. The van der Waals surface area contributed by atoms with Crippen molar-refractivity contribution >= 4 is 22.6 Å². The second kappa shape index (κ2) is 6.55. The van der Waals surface area contributed by atoms with Crippen molar-refractivity contribution < 1.29 is 9.21 Å². The van der Waals surface area contributed by atoms with Crippen molar-refractivity contribution in [2.45, 2.75) is 0 Å². The topological polar surface area (TPSA) is 99.6 Å². The number of nitrogens with one attached hydrogen (secondary N) is 3. The van der Waals surface area contributed by atoms with Gasteiger partial charge in [0.25, 0.3) is 5.91 Å². The molecular formula is C21H15N5O2. The minimum absolute atomic E-state index is 0.218. The van der Waals surface area contributed by atoms with Gasteiger partial charge in [0.1, 0.15) is 0 Å². The van der Waals surface area contributed by atoms with Crippen LogP contribution in [0.1, 0.15) is 10.6 Å². The molecule has 28 heavy (non-hydrogen) atoms. The SMILES string of the molecule is O=C(Nc1c[nH]nc1-c1nc2ccccc2[nH]1)c1cc(-c2ccccc2)co1. The Labute approximate surface area is 159 Å². The summed E-state index contributed by atoms with van der Waals surface area (Å²) in [4.78, 5) is 20.4. The van der Waals surface area contributed by atoms with Crippen molar-refractivity contribution in [3.05, 3.63) is 78.9 Å². The van der Waals surface area contributed by atoms with Gasteiger partial charge < -0.3 is 14.7 Å². The predicted octanol–water partition coefficient (Wildman–Crippen LogP) is 4.47. The Bertz CT molecular complexity index is 1230. The Kier molecular flexibility index (Phi) is 3.76. The van der Waals surface area contributed by atoms with Crippen LogP contribution in [-0.2, 0) is 0 Å². The Morgan fingerprint density at radius 3 is 2.68 bits per heavy atom. The highest BCUT2D eigenvalue weighted by atomic mass is 16.3. The molecule has 0 unspecified atom stereocenters. The van der Waals surface area contributed by atoms with Crippen LogP contribution in [0.5, 0.6) is 0 Å². The summed E-state index contributed by atoms with van der Waals surface area (Å²) in [5, 5.41) is 9.82. The molecule has 5 rings (SSSR count). The molecule has 1 amide bonds. The van der Waals surface area contributed by atoms with Gasteiger partial charge in [-0.3, -0.25) is 9.89 Å². The molecule has 0 saturated heterocycles. The molecule has 0 saturated carbocycles. The molecule has 136 valence electrons. The number of hydrogen-bond acceptors (Lipinski definition) is 4. The molecule has 5 aromatic rings. The number of fused-ring (bicyclic) bond motifs is 1. The number of nitrogens with zero attached hydrogens (tertiary/aromatic N) is 2. The number of amides is 1. The lowest BCUT2D eigenvalue weighted by Gasteiger charge is -2.01. The van der Waals surface area contributed by atoms with Crippen LogP contribution in [0, 0.1) is 0 Å². The van der Waals surface area contributed by atoms with Gasteiger partial charge in [-0.25, -0.2) is 4.98 Å². The van der Waals surface area contributed by atoms with Crippen molar-refractivity contribution in [2.24, 2.45) is 0 Å². The largest absolute Gasteiger partial charge is 0.459 e. The van der Waals surface area contributed by atoms with E-state index in [1.807, 2.05) is 54.6 Å². The third kappa shape index (κ3) is 2.84. The molecule has 7 nitrogen and oxygen atoms in total. The van der Waals surface area contributed by atoms with Gasteiger partial charge in [0.15, 0.2) is 17.3 Å². The second-order valence-corrected chi connectivity index (χ2v) is 6.27. The van der Waals surface area contributed by atoms with E-state index < -0.39 is 0 Å². The van der Waals surface area contributed by atoms with Crippen LogP contribution < -0.4 is 5.32 Å². The number of aromatic nitrogens is 4. The van der Waals surface area contributed by atoms with Crippen LogP contribution in [0.15, 0.2) is 77.5 Å². The first-order valence-corrected chi connectivity index (χ1v) is 8.72. The molecular weight excluding hydrogens is 354 g/mol. The number of anilines is 1. The lowest BCUT2D eigenvalue weighted by atomic mass is 10.1. The van der Waals surface area contributed by atoms with Gasteiger partial charge in [-0.1, -0.05) is 42.5 Å². The van der Waals surface area contributed by atoms with Crippen molar-refractivity contribution in [1.82, 2.24) is 20.2 Å². The zero-order valence-corrected chi connectivity index (χ0v) is 14.6. The second-order valence-electron chi connectivity index (χ2n) is 6.27. The smallest absolute Gasteiger partial charge is 0.291 e. The molecule has 0 fully saturated rings. The Morgan fingerprint density at radius 1 is 1.00 bits per heavy atom. The summed E-state index contributed by atoms with van der Waals surface area (Å²) in [7, 11) is 0. The van der Waals surface area contributed by atoms with E-state index in [1.54, 1.807) is 18.5 Å². The first-order chi connectivity index (χ1) is 13.8. The average Bonchev–Trinajstić information content (AvgIpc) is 3.47. The normalized spacial score (nSPS) is 11.0. The van der Waals surface area contributed by atoms with E-state index in [0.29, 0.717) is 17.2 Å². The number of para-hydroxylation sites is 2. The maximum Gasteiger partial charge on any atom is 0.291 e. The number of imidazole rings is 1. The van der Waals surface area contributed by atoms with Crippen LogP contribution in [0.4, 0.5) is 5.69 Å². The molecule has 0 aliphatic rings.